The summed E-state index contributed by atoms with van der Waals surface area (Å²) in [4.78, 5) is 11.8. The maximum atomic E-state index is 11.8. The molecule has 0 amide bonds. The largest absolute Gasteiger partial charge is 0.493 e. The fraction of sp³-hybridized carbons (Fsp3) is 0.385. The fourth-order valence-corrected chi connectivity index (χ4v) is 1.73. The first-order valence-electron chi connectivity index (χ1n) is 5.62. The van der Waals surface area contributed by atoms with E-state index < -0.39 is 0 Å². The highest BCUT2D eigenvalue weighted by atomic mass is 16.6. The monoisotopic (exact) mass is 247 g/mol. The van der Waals surface area contributed by atoms with Crippen LogP contribution in [0.5, 0.6) is 11.5 Å². The Hall–Kier alpha value is -2.06. The first-order valence-corrected chi connectivity index (χ1v) is 5.62. The van der Waals surface area contributed by atoms with Crippen LogP contribution >= 0.6 is 0 Å². The fourth-order valence-electron chi connectivity index (χ4n) is 1.73. The molecule has 0 aliphatic carbocycles. The third kappa shape index (κ3) is 2.60. The van der Waals surface area contributed by atoms with Gasteiger partial charge in [-0.1, -0.05) is 0 Å². The van der Waals surface area contributed by atoms with Gasteiger partial charge in [0, 0.05) is 12.7 Å². The molecule has 1 heterocycles. The molecule has 0 saturated carbocycles. The number of ether oxygens (including phenoxy) is 3. The Kier molecular flexibility index (Phi) is 3.80. The molecule has 0 N–H and O–H groups in total. The van der Waals surface area contributed by atoms with Crippen molar-refractivity contribution in [1.29, 1.82) is 5.26 Å². The van der Waals surface area contributed by atoms with Gasteiger partial charge in [0.2, 0.25) is 0 Å². The summed E-state index contributed by atoms with van der Waals surface area (Å²) < 4.78 is 15.5. The summed E-state index contributed by atoms with van der Waals surface area (Å²) in [5.74, 6) is 0.163. The number of hydrogen-bond donors (Lipinski definition) is 0. The van der Waals surface area contributed by atoms with Gasteiger partial charge < -0.3 is 14.2 Å². The van der Waals surface area contributed by atoms with Crippen LogP contribution in [-0.2, 0) is 9.53 Å². The Morgan fingerprint density at radius 1 is 1.50 bits per heavy atom. The second-order valence-electron chi connectivity index (χ2n) is 3.96. The van der Waals surface area contributed by atoms with Crippen LogP contribution < -0.4 is 9.47 Å². The molecule has 0 spiro atoms. The van der Waals surface area contributed by atoms with Gasteiger partial charge in [-0.15, -0.1) is 0 Å². The van der Waals surface area contributed by atoms with Gasteiger partial charge >= 0.3 is 5.97 Å². The van der Waals surface area contributed by atoms with E-state index in [2.05, 4.69) is 0 Å². The van der Waals surface area contributed by atoms with Gasteiger partial charge in [0.25, 0.3) is 0 Å². The van der Waals surface area contributed by atoms with E-state index in [1.807, 2.05) is 6.07 Å². The standard InChI is InChI=1S/C13H13NO4/c1-16-12-6-9(7-14)2-3-11(12)18-13(15)10-4-5-17-8-10/h2-3,6,10H,4-5,8H2,1H3. The number of nitriles is 1. The predicted octanol–water partition coefficient (Wildman–Crippen LogP) is 1.51. The molecule has 2 rings (SSSR count). The van der Waals surface area contributed by atoms with Crippen LogP contribution in [0.2, 0.25) is 0 Å². The SMILES string of the molecule is COc1cc(C#N)ccc1OC(=O)C1CCOC1. The molecule has 94 valence electrons. The molecule has 0 radical (unpaired) electrons. The highest BCUT2D eigenvalue weighted by molar-refractivity contribution is 5.76. The van der Waals surface area contributed by atoms with Crippen LogP contribution in [0.15, 0.2) is 18.2 Å². The number of nitrogens with zero attached hydrogens (tertiary/aromatic N) is 1. The topological polar surface area (TPSA) is 68.5 Å². The summed E-state index contributed by atoms with van der Waals surface area (Å²) in [5, 5.41) is 8.77. The summed E-state index contributed by atoms with van der Waals surface area (Å²) in [7, 11) is 1.46. The quantitative estimate of drug-likeness (QED) is 0.598. The van der Waals surface area contributed by atoms with E-state index in [1.54, 1.807) is 12.1 Å². The molecule has 1 fully saturated rings. The summed E-state index contributed by atoms with van der Waals surface area (Å²) in [5.41, 5.74) is 0.454. The number of methoxy groups -OCH3 is 1. The molecule has 0 aromatic heterocycles. The Bertz CT molecular complexity index is 486. The van der Waals surface area contributed by atoms with E-state index in [-0.39, 0.29) is 11.9 Å². The molecule has 1 atom stereocenters. The first kappa shape index (κ1) is 12.4. The van der Waals surface area contributed by atoms with E-state index in [1.165, 1.54) is 13.2 Å². The Morgan fingerprint density at radius 3 is 2.94 bits per heavy atom. The second-order valence-corrected chi connectivity index (χ2v) is 3.96. The number of carbonyl (C=O) groups excluding carboxylic acids is 1. The predicted molar refractivity (Wildman–Crippen MR) is 62.3 cm³/mol. The lowest BCUT2D eigenvalue weighted by molar-refractivity contribution is -0.138. The smallest absolute Gasteiger partial charge is 0.316 e. The molecule has 1 unspecified atom stereocenters. The zero-order valence-corrected chi connectivity index (χ0v) is 10.0. The van der Waals surface area contributed by atoms with Crippen LogP contribution in [0, 0.1) is 17.2 Å². The minimum absolute atomic E-state index is 0.217. The number of esters is 1. The lowest BCUT2D eigenvalue weighted by atomic mass is 10.1. The van der Waals surface area contributed by atoms with Crippen molar-refractivity contribution in [1.82, 2.24) is 0 Å². The summed E-state index contributed by atoms with van der Waals surface area (Å²) in [6, 6.07) is 6.67. The lowest BCUT2D eigenvalue weighted by Crippen LogP contribution is -2.20. The van der Waals surface area contributed by atoms with Crippen molar-refractivity contribution in [3.8, 4) is 17.6 Å². The lowest BCUT2D eigenvalue weighted by Gasteiger charge is -2.11. The van der Waals surface area contributed by atoms with E-state index in [0.717, 1.165) is 0 Å². The molecule has 1 saturated heterocycles. The van der Waals surface area contributed by atoms with E-state index in [4.69, 9.17) is 19.5 Å². The third-order valence-corrected chi connectivity index (χ3v) is 2.77. The normalized spacial score (nSPS) is 18.1. The number of benzene rings is 1. The number of rotatable bonds is 3. The first-order chi connectivity index (χ1) is 8.74. The van der Waals surface area contributed by atoms with Crippen molar-refractivity contribution in [2.24, 2.45) is 5.92 Å². The molecule has 0 bridgehead atoms. The van der Waals surface area contributed by atoms with Crippen molar-refractivity contribution in [2.75, 3.05) is 20.3 Å². The van der Waals surface area contributed by atoms with Gasteiger partial charge in [-0.25, -0.2) is 0 Å². The molecule has 1 aliphatic heterocycles. The number of carbonyl (C=O) groups is 1. The molecular formula is C13H13NO4. The molecular weight excluding hydrogens is 234 g/mol. The zero-order chi connectivity index (χ0) is 13.0. The Labute approximate surface area is 105 Å². The van der Waals surface area contributed by atoms with E-state index in [9.17, 15) is 4.79 Å². The molecule has 5 heteroatoms. The molecule has 1 aromatic rings. The Morgan fingerprint density at radius 2 is 2.33 bits per heavy atom. The summed E-state index contributed by atoms with van der Waals surface area (Å²) in [6.07, 6.45) is 0.678. The Balaban J connectivity index is 2.13. The number of hydrogen-bond acceptors (Lipinski definition) is 5. The van der Waals surface area contributed by atoms with Crippen molar-refractivity contribution in [3.05, 3.63) is 23.8 Å². The zero-order valence-electron chi connectivity index (χ0n) is 10.0. The summed E-state index contributed by atoms with van der Waals surface area (Å²) >= 11 is 0. The maximum absolute atomic E-state index is 11.8. The van der Waals surface area contributed by atoms with E-state index >= 15 is 0 Å². The van der Waals surface area contributed by atoms with Gasteiger partial charge in [-0.05, 0) is 18.6 Å². The summed E-state index contributed by atoms with van der Waals surface area (Å²) in [6.45, 7) is 0.988. The van der Waals surface area contributed by atoms with Crippen LogP contribution in [0.3, 0.4) is 0 Å². The van der Waals surface area contributed by atoms with Crippen molar-refractivity contribution >= 4 is 5.97 Å². The van der Waals surface area contributed by atoms with Crippen LogP contribution in [0.25, 0.3) is 0 Å². The van der Waals surface area contributed by atoms with Crippen molar-refractivity contribution in [3.63, 3.8) is 0 Å². The van der Waals surface area contributed by atoms with Crippen LogP contribution in [0.4, 0.5) is 0 Å². The molecule has 1 aromatic carbocycles. The van der Waals surface area contributed by atoms with Gasteiger partial charge in [-0.3, -0.25) is 4.79 Å². The molecule has 1 aliphatic rings. The van der Waals surface area contributed by atoms with Gasteiger partial charge in [0.1, 0.15) is 0 Å². The van der Waals surface area contributed by atoms with Crippen molar-refractivity contribution < 1.29 is 19.0 Å². The third-order valence-electron chi connectivity index (χ3n) is 2.77. The van der Waals surface area contributed by atoms with Gasteiger partial charge in [-0.2, -0.15) is 5.26 Å². The highest BCUT2D eigenvalue weighted by Crippen LogP contribution is 2.29. The maximum Gasteiger partial charge on any atom is 0.316 e. The average molecular weight is 247 g/mol. The van der Waals surface area contributed by atoms with Crippen molar-refractivity contribution in [2.45, 2.75) is 6.42 Å². The van der Waals surface area contributed by atoms with Gasteiger partial charge in [0.15, 0.2) is 11.5 Å². The molecule has 5 nitrogen and oxygen atoms in total. The van der Waals surface area contributed by atoms with E-state index in [0.29, 0.717) is 36.7 Å². The molecule has 18 heavy (non-hydrogen) atoms. The minimum Gasteiger partial charge on any atom is -0.493 e. The van der Waals surface area contributed by atoms with Gasteiger partial charge in [0.05, 0.1) is 31.3 Å². The minimum atomic E-state index is -0.324. The highest BCUT2D eigenvalue weighted by Gasteiger charge is 2.26. The average Bonchev–Trinajstić information content (AvgIpc) is 2.93. The second kappa shape index (κ2) is 5.52. The van der Waals surface area contributed by atoms with Crippen LogP contribution in [0.1, 0.15) is 12.0 Å². The van der Waals surface area contributed by atoms with Crippen LogP contribution in [-0.4, -0.2) is 26.3 Å².